The van der Waals surface area contributed by atoms with Crippen LogP contribution in [0.15, 0.2) is 48.9 Å². The number of aromatic nitrogens is 3. The molecule has 3 heterocycles. The van der Waals surface area contributed by atoms with Gasteiger partial charge < -0.3 is 10.4 Å². The standard InChI is InChI=1S/C18H16N4O2/c23-8-7-22-11-15(18(21-22)12-3-5-19-6-4-12)13-1-2-16-14(9-13)10-17(24)20-16/h1-6,9,11,23H,7-8,10H2,(H,20,24). The first-order valence-corrected chi connectivity index (χ1v) is 7.76. The summed E-state index contributed by atoms with van der Waals surface area (Å²) in [6.07, 6.45) is 5.79. The number of pyridine rings is 1. The van der Waals surface area contributed by atoms with E-state index in [0.29, 0.717) is 13.0 Å². The van der Waals surface area contributed by atoms with Crippen LogP contribution in [0.2, 0.25) is 0 Å². The summed E-state index contributed by atoms with van der Waals surface area (Å²) < 4.78 is 1.74. The molecule has 2 aromatic heterocycles. The highest BCUT2D eigenvalue weighted by Gasteiger charge is 2.20. The van der Waals surface area contributed by atoms with Crippen LogP contribution in [0.25, 0.3) is 22.4 Å². The number of rotatable bonds is 4. The lowest BCUT2D eigenvalue weighted by molar-refractivity contribution is -0.115. The SMILES string of the molecule is O=C1Cc2cc(-c3cn(CCO)nc3-c3ccncc3)ccc2N1. The minimum atomic E-state index is 0.0208. The summed E-state index contributed by atoms with van der Waals surface area (Å²) in [5, 5.41) is 16.6. The Hall–Kier alpha value is -2.99. The van der Waals surface area contributed by atoms with Crippen LogP contribution in [0.1, 0.15) is 5.56 Å². The fourth-order valence-corrected chi connectivity index (χ4v) is 2.97. The van der Waals surface area contributed by atoms with Crippen molar-refractivity contribution in [3.63, 3.8) is 0 Å². The third-order valence-corrected chi connectivity index (χ3v) is 4.09. The molecule has 1 aliphatic rings. The molecular weight excluding hydrogens is 304 g/mol. The lowest BCUT2D eigenvalue weighted by Crippen LogP contribution is -2.03. The lowest BCUT2D eigenvalue weighted by Gasteiger charge is -2.05. The van der Waals surface area contributed by atoms with Crippen LogP contribution in [0, 0.1) is 0 Å². The minimum Gasteiger partial charge on any atom is -0.394 e. The Morgan fingerprint density at radius 2 is 2.00 bits per heavy atom. The fraction of sp³-hybridized carbons (Fsp3) is 0.167. The van der Waals surface area contributed by atoms with Crippen molar-refractivity contribution in [3.8, 4) is 22.4 Å². The van der Waals surface area contributed by atoms with Crippen LogP contribution in [0.4, 0.5) is 5.69 Å². The van der Waals surface area contributed by atoms with Gasteiger partial charge in [-0.1, -0.05) is 6.07 Å². The maximum Gasteiger partial charge on any atom is 0.228 e. The zero-order valence-corrected chi connectivity index (χ0v) is 12.9. The van der Waals surface area contributed by atoms with E-state index in [9.17, 15) is 9.90 Å². The second-order valence-corrected chi connectivity index (χ2v) is 5.71. The van der Waals surface area contributed by atoms with E-state index in [1.807, 2.05) is 36.5 Å². The van der Waals surface area contributed by atoms with Gasteiger partial charge in [-0.05, 0) is 35.4 Å². The number of aliphatic hydroxyl groups is 1. The summed E-state index contributed by atoms with van der Waals surface area (Å²) in [7, 11) is 0. The molecule has 0 bridgehead atoms. The summed E-state index contributed by atoms with van der Waals surface area (Å²) in [6, 6.07) is 9.75. The van der Waals surface area contributed by atoms with Crippen molar-refractivity contribution < 1.29 is 9.90 Å². The van der Waals surface area contributed by atoms with Crippen LogP contribution in [0.3, 0.4) is 0 Å². The van der Waals surface area contributed by atoms with E-state index in [-0.39, 0.29) is 12.5 Å². The summed E-state index contributed by atoms with van der Waals surface area (Å²) in [5.74, 6) is 0.0208. The lowest BCUT2D eigenvalue weighted by atomic mass is 9.99. The van der Waals surface area contributed by atoms with Gasteiger partial charge in [0.15, 0.2) is 0 Å². The monoisotopic (exact) mass is 320 g/mol. The third kappa shape index (κ3) is 2.57. The van der Waals surface area contributed by atoms with Crippen LogP contribution in [-0.2, 0) is 17.8 Å². The second-order valence-electron chi connectivity index (χ2n) is 5.71. The van der Waals surface area contributed by atoms with Crippen LogP contribution < -0.4 is 5.32 Å². The average molecular weight is 320 g/mol. The topological polar surface area (TPSA) is 80.0 Å². The zero-order chi connectivity index (χ0) is 16.5. The van der Waals surface area contributed by atoms with Crippen molar-refractivity contribution in [2.75, 3.05) is 11.9 Å². The van der Waals surface area contributed by atoms with Crippen molar-refractivity contribution in [1.29, 1.82) is 0 Å². The van der Waals surface area contributed by atoms with Gasteiger partial charge in [0.2, 0.25) is 5.91 Å². The van der Waals surface area contributed by atoms with Gasteiger partial charge in [-0.2, -0.15) is 5.10 Å². The van der Waals surface area contributed by atoms with E-state index in [2.05, 4.69) is 15.4 Å². The Morgan fingerprint density at radius 1 is 1.17 bits per heavy atom. The Bertz CT molecular complexity index is 903. The van der Waals surface area contributed by atoms with E-state index < -0.39 is 0 Å². The molecule has 1 aromatic carbocycles. The normalized spacial score (nSPS) is 13.0. The number of nitrogens with one attached hydrogen (secondary N) is 1. The predicted octanol–water partition coefficient (Wildman–Crippen LogP) is 2.10. The van der Waals surface area contributed by atoms with Crippen molar-refractivity contribution in [3.05, 3.63) is 54.5 Å². The summed E-state index contributed by atoms with van der Waals surface area (Å²) in [5.41, 5.74) is 5.64. The number of aliphatic hydroxyl groups excluding tert-OH is 1. The van der Waals surface area contributed by atoms with E-state index in [1.165, 1.54) is 0 Å². The molecule has 6 nitrogen and oxygen atoms in total. The molecule has 1 amide bonds. The van der Waals surface area contributed by atoms with Gasteiger partial charge in [-0.15, -0.1) is 0 Å². The number of carbonyl (C=O) groups is 1. The van der Waals surface area contributed by atoms with Gasteiger partial charge >= 0.3 is 0 Å². The van der Waals surface area contributed by atoms with Gasteiger partial charge in [0.05, 0.1) is 19.6 Å². The second kappa shape index (κ2) is 5.90. The molecule has 120 valence electrons. The predicted molar refractivity (Wildman–Crippen MR) is 90.3 cm³/mol. The van der Waals surface area contributed by atoms with E-state index >= 15 is 0 Å². The number of hydrogen-bond acceptors (Lipinski definition) is 4. The molecular formula is C18H16N4O2. The highest BCUT2D eigenvalue weighted by molar-refractivity contribution is 6.00. The number of anilines is 1. The number of fused-ring (bicyclic) bond motifs is 1. The first kappa shape index (κ1) is 14.6. The molecule has 1 aliphatic heterocycles. The maximum atomic E-state index is 11.6. The fourth-order valence-electron chi connectivity index (χ4n) is 2.97. The van der Waals surface area contributed by atoms with E-state index in [0.717, 1.165) is 33.6 Å². The Kier molecular flexibility index (Phi) is 3.59. The highest BCUT2D eigenvalue weighted by atomic mass is 16.3. The van der Waals surface area contributed by atoms with Gasteiger partial charge in [0.25, 0.3) is 0 Å². The van der Waals surface area contributed by atoms with Crippen LogP contribution >= 0.6 is 0 Å². The maximum absolute atomic E-state index is 11.6. The Morgan fingerprint density at radius 3 is 2.79 bits per heavy atom. The zero-order valence-electron chi connectivity index (χ0n) is 12.9. The summed E-state index contributed by atoms with van der Waals surface area (Å²) in [6.45, 7) is 0.461. The van der Waals surface area contributed by atoms with Crippen LogP contribution in [-0.4, -0.2) is 32.4 Å². The smallest absolute Gasteiger partial charge is 0.228 e. The molecule has 6 heteroatoms. The van der Waals surface area contributed by atoms with Crippen molar-refractivity contribution in [1.82, 2.24) is 14.8 Å². The molecule has 0 saturated carbocycles. The quantitative estimate of drug-likeness (QED) is 0.771. The number of carbonyl (C=O) groups excluding carboxylic acids is 1. The summed E-state index contributed by atoms with van der Waals surface area (Å²) in [4.78, 5) is 15.6. The minimum absolute atomic E-state index is 0.0208. The highest BCUT2D eigenvalue weighted by Crippen LogP contribution is 2.34. The van der Waals surface area contributed by atoms with Gasteiger partial charge in [-0.3, -0.25) is 14.5 Å². The van der Waals surface area contributed by atoms with Crippen molar-refractivity contribution in [2.45, 2.75) is 13.0 Å². The van der Waals surface area contributed by atoms with Gasteiger partial charge in [0.1, 0.15) is 5.69 Å². The molecule has 4 rings (SSSR count). The molecule has 2 N–H and O–H groups in total. The van der Waals surface area contributed by atoms with Crippen LogP contribution in [0.5, 0.6) is 0 Å². The molecule has 0 radical (unpaired) electrons. The molecule has 3 aromatic rings. The number of nitrogens with zero attached hydrogens (tertiary/aromatic N) is 3. The van der Waals surface area contributed by atoms with E-state index in [1.54, 1.807) is 17.1 Å². The number of hydrogen-bond donors (Lipinski definition) is 2. The largest absolute Gasteiger partial charge is 0.394 e. The number of benzene rings is 1. The molecule has 0 aliphatic carbocycles. The Labute approximate surface area is 138 Å². The summed E-state index contributed by atoms with van der Waals surface area (Å²) >= 11 is 0. The van der Waals surface area contributed by atoms with Crippen molar-refractivity contribution in [2.24, 2.45) is 0 Å². The average Bonchev–Trinajstić information content (AvgIpc) is 3.18. The van der Waals surface area contributed by atoms with Crippen molar-refractivity contribution >= 4 is 11.6 Å². The molecule has 0 unspecified atom stereocenters. The van der Waals surface area contributed by atoms with Gasteiger partial charge in [-0.25, -0.2) is 0 Å². The molecule has 0 spiro atoms. The molecule has 0 saturated heterocycles. The first-order chi connectivity index (χ1) is 11.7. The Balaban J connectivity index is 1.83. The number of amides is 1. The van der Waals surface area contributed by atoms with E-state index in [4.69, 9.17) is 0 Å². The molecule has 0 fully saturated rings. The van der Waals surface area contributed by atoms with Gasteiger partial charge in [0, 0.05) is 35.4 Å². The molecule has 24 heavy (non-hydrogen) atoms. The third-order valence-electron chi connectivity index (χ3n) is 4.09. The molecule has 0 atom stereocenters. The first-order valence-electron chi connectivity index (χ1n) is 7.76.